The van der Waals surface area contributed by atoms with Crippen LogP contribution in [0, 0.1) is 0 Å². The Balaban J connectivity index is 2.13. The third-order valence-electron chi connectivity index (χ3n) is 3.10. The van der Waals surface area contributed by atoms with E-state index in [-0.39, 0.29) is 11.9 Å². The summed E-state index contributed by atoms with van der Waals surface area (Å²) >= 11 is 0. The van der Waals surface area contributed by atoms with Crippen molar-refractivity contribution in [2.75, 3.05) is 25.0 Å². The van der Waals surface area contributed by atoms with Gasteiger partial charge in [0, 0.05) is 31.8 Å². The van der Waals surface area contributed by atoms with Gasteiger partial charge in [-0.1, -0.05) is 25.8 Å². The average Bonchev–Trinajstić information content (AvgIpc) is 2.51. The highest BCUT2D eigenvalue weighted by Crippen LogP contribution is 2.17. The summed E-state index contributed by atoms with van der Waals surface area (Å²) in [6, 6.07) is 7.10. The monoisotopic (exact) mass is 321 g/mol. The minimum Gasteiger partial charge on any atom is -0.493 e. The first-order valence-electron chi connectivity index (χ1n) is 8.14. The van der Waals surface area contributed by atoms with Crippen molar-refractivity contribution in [2.24, 2.45) is 0 Å². The Hall–Kier alpha value is -2.24. The van der Waals surface area contributed by atoms with Gasteiger partial charge >= 0.3 is 6.03 Å². The first-order chi connectivity index (χ1) is 11.1. The number of urea groups is 1. The number of carbonyl (C=O) groups is 2. The van der Waals surface area contributed by atoms with E-state index >= 15 is 0 Å². The van der Waals surface area contributed by atoms with Crippen molar-refractivity contribution in [3.05, 3.63) is 24.3 Å². The smallest absolute Gasteiger partial charge is 0.314 e. The molecule has 0 aromatic heterocycles. The van der Waals surface area contributed by atoms with Crippen LogP contribution >= 0.6 is 0 Å². The fourth-order valence-electron chi connectivity index (χ4n) is 1.97. The highest BCUT2D eigenvalue weighted by molar-refractivity contribution is 5.88. The topological polar surface area (TPSA) is 79.5 Å². The number of hydrogen-bond acceptors (Lipinski definition) is 3. The van der Waals surface area contributed by atoms with Crippen molar-refractivity contribution in [3.63, 3.8) is 0 Å². The van der Waals surface area contributed by atoms with Crippen LogP contribution in [0.1, 0.15) is 39.5 Å². The van der Waals surface area contributed by atoms with Crippen LogP contribution in [0.4, 0.5) is 10.5 Å². The Morgan fingerprint density at radius 3 is 2.52 bits per heavy atom. The second-order valence-electron chi connectivity index (χ2n) is 5.30. The maximum absolute atomic E-state index is 11.5. The molecule has 0 aliphatic heterocycles. The first kappa shape index (κ1) is 18.8. The zero-order chi connectivity index (χ0) is 16.9. The number of unbranched alkanes of at least 4 members (excludes halogenated alkanes) is 2. The number of benzene rings is 1. The van der Waals surface area contributed by atoms with Crippen LogP contribution in [0.2, 0.25) is 0 Å². The number of anilines is 1. The highest BCUT2D eigenvalue weighted by atomic mass is 16.5. The Kier molecular flexibility index (Phi) is 9.28. The fraction of sp³-hybridized carbons (Fsp3) is 0.529. The molecule has 0 aliphatic rings. The van der Waals surface area contributed by atoms with E-state index in [1.54, 1.807) is 12.1 Å². The lowest BCUT2D eigenvalue weighted by Crippen LogP contribution is -2.36. The van der Waals surface area contributed by atoms with Gasteiger partial charge in [-0.2, -0.15) is 0 Å². The molecular weight excluding hydrogens is 294 g/mol. The van der Waals surface area contributed by atoms with E-state index in [1.165, 1.54) is 6.92 Å². The summed E-state index contributed by atoms with van der Waals surface area (Å²) < 4.78 is 5.60. The second kappa shape index (κ2) is 11.3. The first-order valence-corrected chi connectivity index (χ1v) is 8.14. The second-order valence-corrected chi connectivity index (χ2v) is 5.30. The van der Waals surface area contributed by atoms with Crippen molar-refractivity contribution < 1.29 is 14.3 Å². The van der Waals surface area contributed by atoms with E-state index in [0.717, 1.165) is 19.3 Å². The molecular formula is C17H27N3O3. The molecule has 0 spiro atoms. The number of amides is 3. The molecule has 3 N–H and O–H groups in total. The van der Waals surface area contributed by atoms with Gasteiger partial charge in [-0.05, 0) is 25.0 Å². The van der Waals surface area contributed by atoms with Crippen LogP contribution in [0.5, 0.6) is 5.75 Å². The Labute approximate surface area is 138 Å². The summed E-state index contributed by atoms with van der Waals surface area (Å²) in [6.07, 6.45) is 4.00. The molecule has 6 nitrogen and oxygen atoms in total. The summed E-state index contributed by atoms with van der Waals surface area (Å²) in [5, 5.41) is 8.32. The molecule has 0 saturated heterocycles. The molecule has 0 heterocycles. The van der Waals surface area contributed by atoms with Gasteiger partial charge in [0.05, 0.1) is 6.61 Å². The summed E-state index contributed by atoms with van der Waals surface area (Å²) in [6.45, 7) is 5.37. The number of ether oxygens (including phenoxy) is 1. The Bertz CT molecular complexity index is 492. The lowest BCUT2D eigenvalue weighted by atomic mass is 10.2. The van der Waals surface area contributed by atoms with E-state index in [9.17, 15) is 9.59 Å². The van der Waals surface area contributed by atoms with Gasteiger partial charge in [-0.15, -0.1) is 0 Å². The molecule has 0 radical (unpaired) electrons. The lowest BCUT2D eigenvalue weighted by Gasteiger charge is -2.09. The predicted molar refractivity (Wildman–Crippen MR) is 91.8 cm³/mol. The maximum Gasteiger partial charge on any atom is 0.314 e. The van der Waals surface area contributed by atoms with E-state index < -0.39 is 0 Å². The predicted octanol–water partition coefficient (Wildman–Crippen LogP) is 2.90. The van der Waals surface area contributed by atoms with Crippen LogP contribution in [0.3, 0.4) is 0 Å². The van der Waals surface area contributed by atoms with Crippen LogP contribution in [0.15, 0.2) is 24.3 Å². The van der Waals surface area contributed by atoms with Gasteiger partial charge < -0.3 is 20.7 Å². The molecule has 0 bridgehead atoms. The molecule has 6 heteroatoms. The summed E-state index contributed by atoms with van der Waals surface area (Å²) in [4.78, 5) is 22.5. The fourth-order valence-corrected chi connectivity index (χ4v) is 1.97. The number of carbonyl (C=O) groups excluding carboxylic acids is 2. The van der Waals surface area contributed by atoms with Crippen molar-refractivity contribution >= 4 is 17.6 Å². The van der Waals surface area contributed by atoms with Crippen molar-refractivity contribution in [1.29, 1.82) is 0 Å². The largest absolute Gasteiger partial charge is 0.493 e. The van der Waals surface area contributed by atoms with Crippen molar-refractivity contribution in [3.8, 4) is 5.75 Å². The maximum atomic E-state index is 11.5. The van der Waals surface area contributed by atoms with Crippen molar-refractivity contribution in [1.82, 2.24) is 10.6 Å². The molecule has 128 valence electrons. The van der Waals surface area contributed by atoms with Crippen molar-refractivity contribution in [2.45, 2.75) is 39.5 Å². The quantitative estimate of drug-likeness (QED) is 0.580. The average molecular weight is 321 g/mol. The molecule has 23 heavy (non-hydrogen) atoms. The normalized spacial score (nSPS) is 10.0. The Morgan fingerprint density at radius 2 is 1.83 bits per heavy atom. The minimum absolute atomic E-state index is 0.115. The van der Waals surface area contributed by atoms with Gasteiger partial charge in [-0.3, -0.25) is 4.79 Å². The van der Waals surface area contributed by atoms with Gasteiger partial charge in [0.15, 0.2) is 0 Å². The molecule has 0 saturated carbocycles. The summed E-state index contributed by atoms with van der Waals surface area (Å²) in [5.41, 5.74) is 0.708. The highest BCUT2D eigenvalue weighted by Gasteiger charge is 2.00. The SMILES string of the molecule is CCCCCNC(=O)NCCCOc1cccc(NC(C)=O)c1. The van der Waals surface area contributed by atoms with E-state index in [1.807, 2.05) is 12.1 Å². The lowest BCUT2D eigenvalue weighted by molar-refractivity contribution is -0.114. The van der Waals surface area contributed by atoms with Crippen LogP contribution in [0.25, 0.3) is 0 Å². The van der Waals surface area contributed by atoms with Crippen LogP contribution < -0.4 is 20.7 Å². The molecule has 0 fully saturated rings. The third-order valence-corrected chi connectivity index (χ3v) is 3.10. The molecule has 1 aromatic rings. The van der Waals surface area contributed by atoms with Gasteiger partial charge in [0.2, 0.25) is 5.91 Å². The number of hydrogen-bond donors (Lipinski definition) is 3. The van der Waals surface area contributed by atoms with E-state index in [4.69, 9.17) is 4.74 Å². The molecule has 0 aliphatic carbocycles. The summed E-state index contributed by atoms with van der Waals surface area (Å²) in [5.74, 6) is 0.580. The minimum atomic E-state index is -0.131. The van der Waals surface area contributed by atoms with E-state index in [0.29, 0.717) is 37.6 Å². The zero-order valence-electron chi connectivity index (χ0n) is 14.0. The van der Waals surface area contributed by atoms with Gasteiger partial charge in [0.25, 0.3) is 0 Å². The number of nitrogens with one attached hydrogen (secondary N) is 3. The Morgan fingerprint density at radius 1 is 1.09 bits per heavy atom. The molecule has 1 aromatic carbocycles. The number of rotatable bonds is 10. The van der Waals surface area contributed by atoms with E-state index in [2.05, 4.69) is 22.9 Å². The summed E-state index contributed by atoms with van der Waals surface area (Å²) in [7, 11) is 0. The molecule has 0 atom stereocenters. The zero-order valence-corrected chi connectivity index (χ0v) is 14.0. The molecule has 0 unspecified atom stereocenters. The standard InChI is InChI=1S/C17H27N3O3/c1-3-4-5-10-18-17(22)19-11-7-12-23-16-9-6-8-15(13-16)20-14(2)21/h6,8-9,13H,3-5,7,10-12H2,1-2H3,(H,20,21)(H2,18,19,22). The third kappa shape index (κ3) is 9.39. The van der Waals surface area contributed by atoms with Crippen LogP contribution in [-0.4, -0.2) is 31.6 Å². The van der Waals surface area contributed by atoms with Gasteiger partial charge in [-0.25, -0.2) is 4.79 Å². The molecule has 3 amide bonds. The van der Waals surface area contributed by atoms with Gasteiger partial charge in [0.1, 0.15) is 5.75 Å². The van der Waals surface area contributed by atoms with Crippen LogP contribution in [-0.2, 0) is 4.79 Å². The molecule has 1 rings (SSSR count).